The predicted molar refractivity (Wildman–Crippen MR) is 85.1 cm³/mol. The first-order valence-electron chi connectivity index (χ1n) is 8.84. The second-order valence-electron chi connectivity index (χ2n) is 7.43. The Morgan fingerprint density at radius 2 is 1.81 bits per heavy atom. The summed E-state index contributed by atoms with van der Waals surface area (Å²) in [6.45, 7) is 8.30. The molecule has 0 radical (unpaired) electrons. The van der Waals surface area contributed by atoms with Crippen molar-refractivity contribution in [2.24, 2.45) is 0 Å². The molecular weight excluding hydrogens is 260 g/mol. The molecule has 0 aromatic heterocycles. The zero-order valence-electron chi connectivity index (χ0n) is 13.5. The van der Waals surface area contributed by atoms with Gasteiger partial charge in [-0.25, -0.2) is 0 Å². The Hall–Kier alpha value is -0.630. The van der Waals surface area contributed by atoms with Crippen LogP contribution in [0.2, 0.25) is 0 Å². The molecule has 1 N–H and O–H groups in total. The summed E-state index contributed by atoms with van der Waals surface area (Å²) in [6.07, 6.45) is 8.74. The van der Waals surface area contributed by atoms with Crippen LogP contribution in [-0.4, -0.2) is 60.1 Å². The molecule has 1 atom stereocenters. The molecule has 21 heavy (non-hydrogen) atoms. The zero-order chi connectivity index (χ0) is 14.7. The number of unbranched alkanes of at least 4 members (excludes halogenated alkanes) is 1. The van der Waals surface area contributed by atoms with Crippen LogP contribution in [-0.2, 0) is 0 Å². The topological polar surface area (TPSA) is 42.3 Å². The highest BCUT2D eigenvalue weighted by Crippen LogP contribution is 2.27. The highest BCUT2D eigenvalue weighted by Gasteiger charge is 2.32. The first kappa shape index (κ1) is 15.3. The fourth-order valence-electron chi connectivity index (χ4n) is 3.44. The van der Waals surface area contributed by atoms with E-state index in [0.717, 1.165) is 18.9 Å². The van der Waals surface area contributed by atoms with Crippen molar-refractivity contribution in [3.63, 3.8) is 0 Å². The van der Waals surface area contributed by atoms with Gasteiger partial charge in [-0.3, -0.25) is 10.2 Å². The Morgan fingerprint density at radius 1 is 1.10 bits per heavy atom. The number of hydrogen-bond donors (Lipinski definition) is 1. The fourth-order valence-corrected chi connectivity index (χ4v) is 3.44. The van der Waals surface area contributed by atoms with Gasteiger partial charge in [0.1, 0.15) is 5.54 Å². The first-order chi connectivity index (χ1) is 10.2. The normalized spacial score (nSPS) is 27.2. The number of nitrogens with one attached hydrogen (secondary N) is 1. The highest BCUT2D eigenvalue weighted by atomic mass is 15.3. The van der Waals surface area contributed by atoms with Crippen molar-refractivity contribution < 1.29 is 0 Å². The number of rotatable bonds is 8. The third-order valence-corrected chi connectivity index (χ3v) is 5.22. The quantitative estimate of drug-likeness (QED) is 0.694. The average molecular weight is 290 g/mol. The van der Waals surface area contributed by atoms with Gasteiger partial charge in [-0.1, -0.05) is 0 Å². The number of piperazine rings is 1. The van der Waals surface area contributed by atoms with Crippen LogP contribution in [0.1, 0.15) is 51.9 Å². The van der Waals surface area contributed by atoms with Crippen LogP contribution in [0.3, 0.4) is 0 Å². The molecule has 0 aromatic rings. The van der Waals surface area contributed by atoms with Gasteiger partial charge in [0.05, 0.1) is 6.07 Å². The molecule has 0 bridgehead atoms. The summed E-state index contributed by atoms with van der Waals surface area (Å²) in [5, 5.41) is 12.9. The summed E-state index contributed by atoms with van der Waals surface area (Å²) in [4.78, 5) is 5.28. The molecule has 1 aliphatic heterocycles. The number of hydrogen-bond acceptors (Lipinski definition) is 4. The van der Waals surface area contributed by atoms with E-state index in [1.54, 1.807) is 0 Å². The van der Waals surface area contributed by atoms with Gasteiger partial charge in [-0.05, 0) is 58.4 Å². The lowest BCUT2D eigenvalue weighted by Gasteiger charge is -2.35. The second kappa shape index (κ2) is 6.64. The van der Waals surface area contributed by atoms with Gasteiger partial charge >= 0.3 is 0 Å². The maximum absolute atomic E-state index is 9.37. The van der Waals surface area contributed by atoms with Crippen molar-refractivity contribution in [3.8, 4) is 6.07 Å². The Balaban J connectivity index is 1.28. The lowest BCUT2D eigenvalue weighted by Crippen LogP contribution is -2.47. The van der Waals surface area contributed by atoms with Crippen molar-refractivity contribution in [2.75, 3.05) is 32.7 Å². The van der Waals surface area contributed by atoms with Crippen molar-refractivity contribution in [1.29, 1.82) is 5.26 Å². The minimum absolute atomic E-state index is 0.300. The van der Waals surface area contributed by atoms with E-state index in [2.05, 4.69) is 28.1 Å². The van der Waals surface area contributed by atoms with E-state index in [-0.39, 0.29) is 5.54 Å². The molecular formula is C17H30N4. The van der Waals surface area contributed by atoms with Crippen molar-refractivity contribution in [1.82, 2.24) is 15.1 Å². The van der Waals surface area contributed by atoms with Gasteiger partial charge < -0.3 is 4.90 Å². The number of nitriles is 1. The SMILES string of the molecule is CC(C#N)(CCCCN1CCN(C2CC2)CC1)NC1CC1. The van der Waals surface area contributed by atoms with E-state index in [1.165, 1.54) is 64.8 Å². The molecule has 118 valence electrons. The molecule has 2 saturated carbocycles. The standard InChI is InChI=1S/C17H30N4/c1-17(14-18,19-15-4-5-15)8-2-3-9-20-10-12-21(13-11-20)16-6-7-16/h15-16,19H,2-13H2,1H3. The summed E-state index contributed by atoms with van der Waals surface area (Å²) in [5.74, 6) is 0. The first-order valence-corrected chi connectivity index (χ1v) is 8.84. The minimum Gasteiger partial charge on any atom is -0.301 e. The molecule has 1 heterocycles. The van der Waals surface area contributed by atoms with Crippen LogP contribution in [0.4, 0.5) is 0 Å². The van der Waals surface area contributed by atoms with Crippen molar-refractivity contribution in [2.45, 2.75) is 69.5 Å². The Morgan fingerprint density at radius 3 is 2.38 bits per heavy atom. The second-order valence-corrected chi connectivity index (χ2v) is 7.43. The summed E-state index contributed by atoms with van der Waals surface area (Å²) in [5.41, 5.74) is -0.300. The van der Waals surface area contributed by atoms with Crippen molar-refractivity contribution >= 4 is 0 Å². The Labute approximate surface area is 129 Å². The van der Waals surface area contributed by atoms with E-state index < -0.39 is 0 Å². The van der Waals surface area contributed by atoms with Gasteiger partial charge in [-0.15, -0.1) is 0 Å². The molecule has 1 saturated heterocycles. The zero-order valence-corrected chi connectivity index (χ0v) is 13.5. The lowest BCUT2D eigenvalue weighted by atomic mass is 9.96. The Bertz CT molecular complexity index is 375. The molecule has 1 unspecified atom stereocenters. The van der Waals surface area contributed by atoms with E-state index in [0.29, 0.717) is 6.04 Å². The average Bonchev–Trinajstić information content (AvgIpc) is 3.37. The maximum atomic E-state index is 9.37. The molecule has 0 aromatic carbocycles. The minimum atomic E-state index is -0.300. The van der Waals surface area contributed by atoms with E-state index in [1.807, 2.05) is 0 Å². The van der Waals surface area contributed by atoms with E-state index in [9.17, 15) is 5.26 Å². The summed E-state index contributed by atoms with van der Waals surface area (Å²) in [7, 11) is 0. The molecule has 3 rings (SSSR count). The van der Waals surface area contributed by atoms with Crippen molar-refractivity contribution in [3.05, 3.63) is 0 Å². The molecule has 2 aliphatic carbocycles. The van der Waals surface area contributed by atoms with E-state index in [4.69, 9.17) is 0 Å². The molecule has 3 fully saturated rings. The van der Waals surface area contributed by atoms with Gasteiger partial charge in [0.2, 0.25) is 0 Å². The third kappa shape index (κ3) is 4.67. The van der Waals surface area contributed by atoms with Gasteiger partial charge in [0.25, 0.3) is 0 Å². The number of nitrogens with zero attached hydrogens (tertiary/aromatic N) is 3. The van der Waals surface area contributed by atoms with E-state index >= 15 is 0 Å². The summed E-state index contributed by atoms with van der Waals surface area (Å²) < 4.78 is 0. The lowest BCUT2D eigenvalue weighted by molar-refractivity contribution is 0.124. The fraction of sp³-hybridized carbons (Fsp3) is 0.941. The molecule has 4 nitrogen and oxygen atoms in total. The van der Waals surface area contributed by atoms with Gasteiger partial charge in [0, 0.05) is 38.3 Å². The van der Waals surface area contributed by atoms with Crippen LogP contribution < -0.4 is 5.32 Å². The summed E-state index contributed by atoms with van der Waals surface area (Å²) >= 11 is 0. The predicted octanol–water partition coefficient (Wildman–Crippen LogP) is 1.97. The maximum Gasteiger partial charge on any atom is 0.104 e. The van der Waals surface area contributed by atoms with Crippen LogP contribution in [0, 0.1) is 11.3 Å². The van der Waals surface area contributed by atoms with Crippen LogP contribution >= 0.6 is 0 Å². The van der Waals surface area contributed by atoms with Crippen LogP contribution in [0.5, 0.6) is 0 Å². The van der Waals surface area contributed by atoms with Crippen LogP contribution in [0.25, 0.3) is 0 Å². The Kier molecular flexibility index (Phi) is 4.83. The summed E-state index contributed by atoms with van der Waals surface area (Å²) in [6, 6.07) is 4.03. The monoisotopic (exact) mass is 290 g/mol. The highest BCUT2D eigenvalue weighted by molar-refractivity contribution is 5.06. The largest absolute Gasteiger partial charge is 0.301 e. The molecule has 4 heteroatoms. The molecule has 0 amide bonds. The molecule has 0 spiro atoms. The smallest absolute Gasteiger partial charge is 0.104 e. The van der Waals surface area contributed by atoms with Gasteiger partial charge in [-0.2, -0.15) is 5.26 Å². The van der Waals surface area contributed by atoms with Gasteiger partial charge in [0.15, 0.2) is 0 Å². The van der Waals surface area contributed by atoms with Crippen LogP contribution in [0.15, 0.2) is 0 Å². The third-order valence-electron chi connectivity index (χ3n) is 5.22. The molecule has 3 aliphatic rings.